The molecule has 0 radical (unpaired) electrons. The van der Waals surface area contributed by atoms with Gasteiger partial charge in [-0.05, 0) is 25.8 Å². The summed E-state index contributed by atoms with van der Waals surface area (Å²) in [6.07, 6.45) is 1.78. The average Bonchev–Trinajstić information content (AvgIpc) is 3.08. The molecule has 2 unspecified atom stereocenters. The van der Waals surface area contributed by atoms with E-state index in [-0.39, 0.29) is 29.0 Å². The van der Waals surface area contributed by atoms with Gasteiger partial charge in [-0.15, -0.1) is 11.3 Å². The van der Waals surface area contributed by atoms with Crippen molar-refractivity contribution in [2.75, 3.05) is 18.0 Å². The standard InChI is InChI=1S/C18H16F2N2O2S/c1-11-7-22(8-12(2)24-11)18-14(9-23)5-13(16(19)17(18)20)3-4-15-6-21-10-25-15/h5-6,9-12H,7-8H2,1-2H3. The zero-order valence-corrected chi connectivity index (χ0v) is 14.6. The topological polar surface area (TPSA) is 42.4 Å². The number of carbonyl (C=O) groups excluding carboxylic acids is 1. The van der Waals surface area contributed by atoms with Crippen LogP contribution in [-0.2, 0) is 4.74 Å². The van der Waals surface area contributed by atoms with Gasteiger partial charge in [0.1, 0.15) is 0 Å². The molecule has 0 bridgehead atoms. The van der Waals surface area contributed by atoms with Gasteiger partial charge in [0, 0.05) is 18.7 Å². The highest BCUT2D eigenvalue weighted by Crippen LogP contribution is 2.30. The molecule has 1 aromatic heterocycles. The summed E-state index contributed by atoms with van der Waals surface area (Å²) in [5, 5.41) is 0. The lowest BCUT2D eigenvalue weighted by Gasteiger charge is -2.37. The van der Waals surface area contributed by atoms with E-state index in [1.165, 1.54) is 23.6 Å². The lowest BCUT2D eigenvalue weighted by Crippen LogP contribution is -2.46. The molecule has 1 saturated heterocycles. The van der Waals surface area contributed by atoms with Crippen LogP contribution >= 0.6 is 11.3 Å². The summed E-state index contributed by atoms with van der Waals surface area (Å²) in [5.41, 5.74) is 1.50. The molecule has 7 heteroatoms. The smallest absolute Gasteiger partial charge is 0.184 e. The number of hydrogen-bond donors (Lipinski definition) is 0. The van der Waals surface area contributed by atoms with Crippen LogP contribution in [0.25, 0.3) is 0 Å². The Kier molecular flexibility index (Phi) is 5.11. The summed E-state index contributed by atoms with van der Waals surface area (Å²) >= 11 is 1.30. The number of morpholine rings is 1. The first-order valence-electron chi connectivity index (χ1n) is 7.77. The molecule has 0 amide bonds. The van der Waals surface area contributed by atoms with Crippen LogP contribution in [0.15, 0.2) is 17.8 Å². The van der Waals surface area contributed by atoms with Crippen molar-refractivity contribution in [1.82, 2.24) is 4.98 Å². The normalized spacial score (nSPS) is 20.1. The Bertz CT molecular complexity index is 833. The van der Waals surface area contributed by atoms with Crippen LogP contribution in [0.3, 0.4) is 0 Å². The number of aromatic nitrogens is 1. The molecule has 1 fully saturated rings. The van der Waals surface area contributed by atoms with Crippen LogP contribution in [0.5, 0.6) is 0 Å². The number of anilines is 1. The Morgan fingerprint density at radius 2 is 2.00 bits per heavy atom. The second-order valence-electron chi connectivity index (χ2n) is 5.89. The average molecular weight is 362 g/mol. The molecule has 2 aromatic rings. The molecule has 0 N–H and O–H groups in total. The van der Waals surface area contributed by atoms with E-state index in [0.717, 1.165) is 0 Å². The zero-order valence-electron chi connectivity index (χ0n) is 13.8. The van der Waals surface area contributed by atoms with E-state index in [1.54, 1.807) is 10.4 Å². The highest BCUT2D eigenvalue weighted by atomic mass is 32.1. The van der Waals surface area contributed by atoms with Crippen molar-refractivity contribution in [3.63, 3.8) is 0 Å². The van der Waals surface area contributed by atoms with Crippen LogP contribution < -0.4 is 4.90 Å². The summed E-state index contributed by atoms with van der Waals surface area (Å²) in [6, 6.07) is 1.29. The minimum absolute atomic E-state index is 0.0298. The summed E-state index contributed by atoms with van der Waals surface area (Å²) in [6.45, 7) is 4.47. The number of rotatable bonds is 2. The summed E-state index contributed by atoms with van der Waals surface area (Å²) in [5.74, 6) is 3.20. The first kappa shape index (κ1) is 17.5. The first-order chi connectivity index (χ1) is 12.0. The monoisotopic (exact) mass is 362 g/mol. The van der Waals surface area contributed by atoms with Gasteiger partial charge in [-0.3, -0.25) is 9.78 Å². The maximum Gasteiger partial charge on any atom is 0.184 e. The van der Waals surface area contributed by atoms with Crippen LogP contribution in [0.1, 0.15) is 34.6 Å². The van der Waals surface area contributed by atoms with Crippen molar-refractivity contribution in [2.24, 2.45) is 0 Å². The Morgan fingerprint density at radius 3 is 2.60 bits per heavy atom. The molecule has 2 heterocycles. The zero-order chi connectivity index (χ0) is 18.0. The van der Waals surface area contributed by atoms with Gasteiger partial charge >= 0.3 is 0 Å². The fourth-order valence-corrected chi connectivity index (χ4v) is 3.37. The molecule has 130 valence electrons. The quantitative estimate of drug-likeness (QED) is 0.608. The Morgan fingerprint density at radius 1 is 1.28 bits per heavy atom. The van der Waals surface area contributed by atoms with E-state index in [0.29, 0.717) is 24.3 Å². The third-order valence-corrected chi connectivity index (χ3v) is 4.51. The molecular weight excluding hydrogens is 346 g/mol. The number of hydrogen-bond acceptors (Lipinski definition) is 5. The van der Waals surface area contributed by atoms with E-state index in [9.17, 15) is 13.6 Å². The minimum atomic E-state index is -1.06. The van der Waals surface area contributed by atoms with Gasteiger partial charge in [0.05, 0.1) is 40.0 Å². The molecule has 0 aliphatic carbocycles. The van der Waals surface area contributed by atoms with Gasteiger partial charge in [-0.1, -0.05) is 5.92 Å². The van der Waals surface area contributed by atoms with Gasteiger partial charge < -0.3 is 9.64 Å². The maximum absolute atomic E-state index is 14.7. The fourth-order valence-electron chi connectivity index (χ4n) is 2.91. The van der Waals surface area contributed by atoms with Crippen molar-refractivity contribution < 1.29 is 18.3 Å². The molecule has 3 rings (SSSR count). The number of aldehydes is 1. The lowest BCUT2D eigenvalue weighted by molar-refractivity contribution is -0.00547. The van der Waals surface area contributed by atoms with Crippen molar-refractivity contribution in [3.8, 4) is 11.8 Å². The minimum Gasteiger partial charge on any atom is -0.372 e. The molecule has 0 saturated carbocycles. The first-order valence-corrected chi connectivity index (χ1v) is 8.65. The van der Waals surface area contributed by atoms with Crippen molar-refractivity contribution in [3.05, 3.63) is 45.4 Å². The number of benzene rings is 1. The van der Waals surface area contributed by atoms with Gasteiger partial charge in [0.2, 0.25) is 0 Å². The van der Waals surface area contributed by atoms with E-state index in [1.807, 2.05) is 13.8 Å². The molecule has 25 heavy (non-hydrogen) atoms. The highest BCUT2D eigenvalue weighted by molar-refractivity contribution is 7.10. The molecular formula is C18H16F2N2O2S. The van der Waals surface area contributed by atoms with E-state index < -0.39 is 11.6 Å². The van der Waals surface area contributed by atoms with E-state index >= 15 is 0 Å². The molecule has 1 aliphatic rings. The van der Waals surface area contributed by atoms with Crippen molar-refractivity contribution in [1.29, 1.82) is 0 Å². The number of nitrogens with zero attached hydrogens (tertiary/aromatic N) is 2. The largest absolute Gasteiger partial charge is 0.372 e. The van der Waals surface area contributed by atoms with Crippen LogP contribution in [0, 0.1) is 23.5 Å². The van der Waals surface area contributed by atoms with Crippen molar-refractivity contribution >= 4 is 23.3 Å². The third-order valence-electron chi connectivity index (χ3n) is 3.83. The van der Waals surface area contributed by atoms with E-state index in [4.69, 9.17) is 4.74 Å². The summed E-state index contributed by atoms with van der Waals surface area (Å²) < 4.78 is 34.8. The molecule has 4 nitrogen and oxygen atoms in total. The predicted octanol–water partition coefficient (Wildman–Crippen LogP) is 3.25. The van der Waals surface area contributed by atoms with Crippen LogP contribution in [-0.4, -0.2) is 36.6 Å². The molecule has 1 aliphatic heterocycles. The second-order valence-corrected chi connectivity index (χ2v) is 6.77. The summed E-state index contributed by atoms with van der Waals surface area (Å²) in [4.78, 5) is 17.6. The summed E-state index contributed by atoms with van der Waals surface area (Å²) in [7, 11) is 0. The lowest BCUT2D eigenvalue weighted by atomic mass is 10.1. The molecule has 2 atom stereocenters. The second kappa shape index (κ2) is 7.30. The highest BCUT2D eigenvalue weighted by Gasteiger charge is 2.28. The number of ether oxygens (including phenoxy) is 1. The Balaban J connectivity index is 2.03. The van der Waals surface area contributed by atoms with Gasteiger partial charge in [0.15, 0.2) is 17.9 Å². The number of carbonyl (C=O) groups is 1. The predicted molar refractivity (Wildman–Crippen MR) is 92.1 cm³/mol. The Labute approximate surface area is 148 Å². The SMILES string of the molecule is CC1CN(c2c(C=O)cc(C#Cc3cncs3)c(F)c2F)CC(C)O1. The molecule has 0 spiro atoms. The van der Waals surface area contributed by atoms with Gasteiger partial charge in [-0.2, -0.15) is 0 Å². The van der Waals surface area contributed by atoms with Crippen LogP contribution in [0.4, 0.5) is 14.5 Å². The molecule has 1 aromatic carbocycles. The Hall–Kier alpha value is -2.30. The maximum atomic E-state index is 14.7. The van der Waals surface area contributed by atoms with Crippen molar-refractivity contribution in [2.45, 2.75) is 26.1 Å². The van der Waals surface area contributed by atoms with Gasteiger partial charge in [-0.25, -0.2) is 8.78 Å². The van der Waals surface area contributed by atoms with Crippen LogP contribution in [0.2, 0.25) is 0 Å². The number of thiazole rings is 1. The van der Waals surface area contributed by atoms with E-state index in [2.05, 4.69) is 16.8 Å². The third kappa shape index (κ3) is 3.70. The van der Waals surface area contributed by atoms with Gasteiger partial charge in [0.25, 0.3) is 0 Å². The number of halogens is 2. The fraction of sp³-hybridized carbons (Fsp3) is 0.333.